The fraction of sp³-hybridized carbons (Fsp3) is 0.500. The number of halogens is 1. The molecule has 0 spiro atoms. The number of hydrogen-bond donors (Lipinski definition) is 2. The first-order valence-corrected chi connectivity index (χ1v) is 8.20. The molecule has 1 aliphatic rings. The van der Waals surface area contributed by atoms with Gasteiger partial charge in [-0.3, -0.25) is 4.79 Å². The summed E-state index contributed by atoms with van der Waals surface area (Å²) in [5, 5.41) is 8.90. The maximum Gasteiger partial charge on any atom is 0.303 e. The summed E-state index contributed by atoms with van der Waals surface area (Å²) < 4.78 is 40.4. The number of carboxylic acid groups (broad SMARTS) is 1. The lowest BCUT2D eigenvalue weighted by atomic mass is 9.67. The van der Waals surface area contributed by atoms with E-state index in [0.717, 1.165) is 12.5 Å². The highest BCUT2D eigenvalue weighted by molar-refractivity contribution is 7.89. The molecule has 0 atom stereocenters. The molecule has 0 unspecified atom stereocenters. The van der Waals surface area contributed by atoms with Crippen molar-refractivity contribution in [3.8, 4) is 0 Å². The first-order valence-electron chi connectivity index (χ1n) is 6.72. The average molecular weight is 315 g/mol. The van der Waals surface area contributed by atoms with Crippen LogP contribution >= 0.6 is 0 Å². The van der Waals surface area contributed by atoms with E-state index in [0.29, 0.717) is 18.4 Å². The highest BCUT2D eigenvalue weighted by Crippen LogP contribution is 2.43. The van der Waals surface area contributed by atoms with Crippen molar-refractivity contribution in [3.63, 3.8) is 0 Å². The molecule has 2 N–H and O–H groups in total. The Hall–Kier alpha value is -1.47. The number of carboxylic acids is 1. The summed E-state index contributed by atoms with van der Waals surface area (Å²) in [5.41, 5.74) is 0.0971. The normalized spacial score (nSPS) is 17.2. The van der Waals surface area contributed by atoms with E-state index in [1.165, 1.54) is 12.1 Å². The van der Waals surface area contributed by atoms with Gasteiger partial charge in [0.25, 0.3) is 0 Å². The van der Waals surface area contributed by atoms with Crippen molar-refractivity contribution in [2.75, 3.05) is 6.54 Å². The molecule has 2 rings (SSSR count). The van der Waals surface area contributed by atoms with E-state index >= 15 is 0 Å². The lowest BCUT2D eigenvalue weighted by Gasteiger charge is -2.40. The molecule has 0 bridgehead atoms. The topological polar surface area (TPSA) is 83.5 Å². The lowest BCUT2D eigenvalue weighted by molar-refractivity contribution is -0.141. The predicted molar refractivity (Wildman–Crippen MR) is 74.9 cm³/mol. The zero-order chi connectivity index (χ0) is 15.7. The van der Waals surface area contributed by atoms with Gasteiger partial charge in [-0.05, 0) is 42.9 Å². The highest BCUT2D eigenvalue weighted by Gasteiger charge is 2.40. The van der Waals surface area contributed by atoms with Crippen molar-refractivity contribution < 1.29 is 22.7 Å². The van der Waals surface area contributed by atoms with E-state index in [2.05, 4.69) is 4.72 Å². The SMILES string of the molecule is Cc1ccc(F)c(S(=O)(=O)NCC2(CC(=O)O)CCC2)c1. The monoisotopic (exact) mass is 315 g/mol. The predicted octanol–water partition coefficient (Wildman–Crippen LogP) is 2.06. The molecule has 0 aromatic heterocycles. The van der Waals surface area contributed by atoms with Crippen LogP contribution in [0.2, 0.25) is 0 Å². The zero-order valence-electron chi connectivity index (χ0n) is 11.7. The minimum absolute atomic E-state index is 0.0228. The largest absolute Gasteiger partial charge is 0.481 e. The smallest absolute Gasteiger partial charge is 0.303 e. The number of rotatable bonds is 6. The van der Waals surface area contributed by atoms with Crippen molar-refractivity contribution in [3.05, 3.63) is 29.6 Å². The molecule has 0 aliphatic heterocycles. The Balaban J connectivity index is 2.14. The van der Waals surface area contributed by atoms with Gasteiger partial charge in [-0.1, -0.05) is 12.5 Å². The standard InChI is InChI=1S/C14H18FNO4S/c1-10-3-4-11(15)12(7-10)21(19,20)16-9-14(5-2-6-14)8-13(17)18/h3-4,7,16H,2,5-6,8-9H2,1H3,(H,17,18). The molecule has 116 valence electrons. The van der Waals surface area contributed by atoms with Crippen molar-refractivity contribution >= 4 is 16.0 Å². The molecule has 1 aromatic carbocycles. The van der Waals surface area contributed by atoms with E-state index in [9.17, 15) is 17.6 Å². The van der Waals surface area contributed by atoms with E-state index in [1.807, 2.05) is 0 Å². The Labute approximate surface area is 123 Å². The molecule has 0 radical (unpaired) electrons. The van der Waals surface area contributed by atoms with Crippen molar-refractivity contribution in [1.82, 2.24) is 4.72 Å². The number of carbonyl (C=O) groups is 1. The van der Waals surface area contributed by atoms with Crippen LogP contribution < -0.4 is 4.72 Å². The molecule has 21 heavy (non-hydrogen) atoms. The van der Waals surface area contributed by atoms with Crippen LogP contribution in [-0.4, -0.2) is 26.0 Å². The van der Waals surface area contributed by atoms with Gasteiger partial charge in [-0.15, -0.1) is 0 Å². The first kappa shape index (κ1) is 15.9. The van der Waals surface area contributed by atoms with Gasteiger partial charge < -0.3 is 5.11 Å². The molecule has 5 nitrogen and oxygen atoms in total. The number of aliphatic carboxylic acids is 1. The third kappa shape index (κ3) is 3.59. The minimum Gasteiger partial charge on any atom is -0.481 e. The van der Waals surface area contributed by atoms with Crippen LogP contribution in [0.4, 0.5) is 4.39 Å². The molecular formula is C14H18FNO4S. The molecular weight excluding hydrogens is 297 g/mol. The molecule has 1 fully saturated rings. The van der Waals surface area contributed by atoms with Gasteiger partial charge in [0.2, 0.25) is 10.0 Å². The Morgan fingerprint density at radius 2 is 2.10 bits per heavy atom. The van der Waals surface area contributed by atoms with Crippen LogP contribution in [-0.2, 0) is 14.8 Å². The first-order chi connectivity index (χ1) is 9.74. The van der Waals surface area contributed by atoms with Gasteiger partial charge >= 0.3 is 5.97 Å². The molecule has 1 aliphatic carbocycles. The third-order valence-corrected chi connectivity index (χ3v) is 5.37. The molecule has 1 aromatic rings. The second-order valence-corrected chi connectivity index (χ2v) is 7.42. The summed E-state index contributed by atoms with van der Waals surface area (Å²) in [6.45, 7) is 1.70. The van der Waals surface area contributed by atoms with Crippen molar-refractivity contribution in [2.45, 2.75) is 37.5 Å². The van der Waals surface area contributed by atoms with E-state index in [4.69, 9.17) is 5.11 Å². The van der Waals surface area contributed by atoms with Crippen molar-refractivity contribution in [1.29, 1.82) is 0 Å². The Bertz CT molecular complexity index is 653. The second-order valence-electron chi connectivity index (χ2n) is 5.68. The van der Waals surface area contributed by atoms with Gasteiger partial charge in [0, 0.05) is 6.54 Å². The Morgan fingerprint density at radius 1 is 1.43 bits per heavy atom. The zero-order valence-corrected chi connectivity index (χ0v) is 12.5. The molecule has 7 heteroatoms. The van der Waals surface area contributed by atoms with Crippen LogP contribution in [0.15, 0.2) is 23.1 Å². The van der Waals surface area contributed by atoms with Crippen LogP contribution in [0.1, 0.15) is 31.2 Å². The fourth-order valence-electron chi connectivity index (χ4n) is 2.56. The number of nitrogens with one attached hydrogen (secondary N) is 1. The van der Waals surface area contributed by atoms with Crippen LogP contribution in [0, 0.1) is 18.2 Å². The summed E-state index contributed by atoms with van der Waals surface area (Å²) in [4.78, 5) is 10.5. The minimum atomic E-state index is -3.98. The summed E-state index contributed by atoms with van der Waals surface area (Å²) >= 11 is 0. The lowest BCUT2D eigenvalue weighted by Crippen LogP contribution is -2.43. The van der Waals surface area contributed by atoms with Gasteiger partial charge in [-0.2, -0.15) is 0 Å². The number of sulfonamides is 1. The summed E-state index contributed by atoms with van der Waals surface area (Å²) in [7, 11) is -3.98. The average Bonchev–Trinajstić information content (AvgIpc) is 2.35. The quantitative estimate of drug-likeness (QED) is 0.841. The summed E-state index contributed by atoms with van der Waals surface area (Å²) in [6.07, 6.45) is 2.13. The highest BCUT2D eigenvalue weighted by atomic mass is 32.2. The number of aryl methyl sites for hydroxylation is 1. The Kier molecular flexibility index (Phi) is 4.34. The van der Waals surface area contributed by atoms with E-state index < -0.39 is 32.1 Å². The summed E-state index contributed by atoms with van der Waals surface area (Å²) in [5.74, 6) is -1.76. The Morgan fingerprint density at radius 3 is 2.62 bits per heavy atom. The maximum atomic E-state index is 13.7. The van der Waals surface area contributed by atoms with Crippen LogP contribution in [0.25, 0.3) is 0 Å². The van der Waals surface area contributed by atoms with Gasteiger partial charge in [0.15, 0.2) is 0 Å². The van der Waals surface area contributed by atoms with Crippen LogP contribution in [0.5, 0.6) is 0 Å². The molecule has 0 heterocycles. The fourth-order valence-corrected chi connectivity index (χ4v) is 3.87. The van der Waals surface area contributed by atoms with Gasteiger partial charge in [-0.25, -0.2) is 17.5 Å². The van der Waals surface area contributed by atoms with Gasteiger partial charge in [0.05, 0.1) is 6.42 Å². The van der Waals surface area contributed by atoms with Crippen molar-refractivity contribution in [2.24, 2.45) is 5.41 Å². The third-order valence-electron chi connectivity index (χ3n) is 3.95. The van der Waals surface area contributed by atoms with Gasteiger partial charge in [0.1, 0.15) is 10.7 Å². The van der Waals surface area contributed by atoms with E-state index in [1.54, 1.807) is 6.92 Å². The number of benzene rings is 1. The second kappa shape index (κ2) is 5.73. The van der Waals surface area contributed by atoms with E-state index in [-0.39, 0.29) is 13.0 Å². The van der Waals surface area contributed by atoms with Crippen LogP contribution in [0.3, 0.4) is 0 Å². The molecule has 1 saturated carbocycles. The summed E-state index contributed by atoms with van der Waals surface area (Å²) in [6, 6.07) is 3.87. The molecule has 0 saturated heterocycles. The molecule has 0 amide bonds. The number of hydrogen-bond acceptors (Lipinski definition) is 3. The maximum absolute atomic E-state index is 13.7.